The number of anilines is 1. The summed E-state index contributed by atoms with van der Waals surface area (Å²) in [5.74, 6) is -2.62. The van der Waals surface area contributed by atoms with Crippen LogP contribution in [0.3, 0.4) is 0 Å². The first-order chi connectivity index (χ1) is 11.6. The summed E-state index contributed by atoms with van der Waals surface area (Å²) in [4.78, 5) is 30.3. The Kier molecular flexibility index (Phi) is 4.11. The average Bonchev–Trinajstić information content (AvgIpc) is 2.94. The molecule has 1 aromatic carbocycles. The van der Waals surface area contributed by atoms with Gasteiger partial charge in [-0.05, 0) is 5.56 Å². The number of fused-ring (bicyclic) bond motifs is 1. The number of nitrogens with one attached hydrogen (secondary N) is 1. The number of hydrogen-bond donors (Lipinski definition) is 3. The van der Waals surface area contributed by atoms with Crippen LogP contribution in [-0.4, -0.2) is 37.9 Å². The lowest BCUT2D eigenvalue weighted by Gasteiger charge is -2.13. The number of imidazole rings is 1. The number of ketones is 1. The summed E-state index contributed by atoms with van der Waals surface area (Å²) in [6.07, 6.45) is 2.18. The average molecular weight is 326 g/mol. The second-order valence-corrected chi connectivity index (χ2v) is 5.12. The zero-order chi connectivity index (χ0) is 17.1. The van der Waals surface area contributed by atoms with E-state index < -0.39 is 17.5 Å². The van der Waals surface area contributed by atoms with Crippen LogP contribution < -0.4 is 5.32 Å². The largest absolute Gasteiger partial charge is 0.504 e. The van der Waals surface area contributed by atoms with Gasteiger partial charge < -0.3 is 20.1 Å². The number of carbonyl (C=O) groups excluding carboxylic acids is 1. The van der Waals surface area contributed by atoms with Crippen molar-refractivity contribution in [1.82, 2.24) is 9.55 Å². The van der Waals surface area contributed by atoms with Crippen molar-refractivity contribution in [2.24, 2.45) is 4.99 Å². The lowest BCUT2D eigenvalue weighted by atomic mass is 10.2. The molecule has 0 saturated carbocycles. The van der Waals surface area contributed by atoms with Crippen molar-refractivity contribution < 1.29 is 19.8 Å². The molecule has 0 bridgehead atoms. The van der Waals surface area contributed by atoms with Gasteiger partial charge >= 0.3 is 5.97 Å². The van der Waals surface area contributed by atoms with Crippen LogP contribution in [0.4, 0.5) is 5.82 Å². The Morgan fingerprint density at radius 1 is 1.25 bits per heavy atom. The summed E-state index contributed by atoms with van der Waals surface area (Å²) in [6.45, 7) is 0.718. The highest BCUT2D eigenvalue weighted by atomic mass is 16.4. The molecule has 1 aliphatic heterocycles. The molecule has 2 aromatic rings. The number of aliphatic imine (C=N–C) groups is 1. The highest BCUT2D eigenvalue weighted by Crippen LogP contribution is 2.25. The van der Waals surface area contributed by atoms with Gasteiger partial charge in [0.05, 0.1) is 19.4 Å². The van der Waals surface area contributed by atoms with Gasteiger partial charge in [-0.2, -0.15) is 0 Å². The summed E-state index contributed by atoms with van der Waals surface area (Å²) in [7, 11) is 0. The zero-order valence-electron chi connectivity index (χ0n) is 12.5. The summed E-state index contributed by atoms with van der Waals surface area (Å²) in [5.41, 5.74) is 1.56. The third kappa shape index (κ3) is 3.02. The molecule has 1 aliphatic rings. The molecule has 1 aromatic heterocycles. The number of aliphatic hydroxyl groups excluding tert-OH is 1. The fourth-order valence-electron chi connectivity index (χ4n) is 2.38. The molecule has 8 nitrogen and oxygen atoms in total. The molecule has 2 heterocycles. The minimum atomic E-state index is -1.64. The van der Waals surface area contributed by atoms with Crippen molar-refractivity contribution in [3.05, 3.63) is 53.5 Å². The number of aliphatic hydroxyl groups is 1. The maximum atomic E-state index is 11.3. The Morgan fingerprint density at radius 2 is 2.00 bits per heavy atom. The van der Waals surface area contributed by atoms with Crippen molar-refractivity contribution in [1.29, 1.82) is 0 Å². The lowest BCUT2D eigenvalue weighted by molar-refractivity contribution is -0.146. The van der Waals surface area contributed by atoms with Crippen LogP contribution in [0.2, 0.25) is 0 Å². The van der Waals surface area contributed by atoms with Crippen molar-refractivity contribution >= 4 is 29.7 Å². The highest BCUT2D eigenvalue weighted by molar-refractivity contribution is 6.38. The van der Waals surface area contributed by atoms with Crippen LogP contribution in [-0.2, 0) is 22.7 Å². The Labute approximate surface area is 136 Å². The van der Waals surface area contributed by atoms with Gasteiger partial charge in [-0.1, -0.05) is 30.3 Å². The second kappa shape index (κ2) is 6.37. The second-order valence-electron chi connectivity index (χ2n) is 5.12. The smallest absolute Gasteiger partial charge is 0.376 e. The molecule has 24 heavy (non-hydrogen) atoms. The Balaban J connectivity index is 2.04. The van der Waals surface area contributed by atoms with Crippen molar-refractivity contribution in [3.63, 3.8) is 0 Å². The van der Waals surface area contributed by atoms with Gasteiger partial charge in [-0.15, -0.1) is 0 Å². The van der Waals surface area contributed by atoms with Gasteiger partial charge in [0, 0.05) is 6.08 Å². The Morgan fingerprint density at radius 3 is 2.71 bits per heavy atom. The molecular weight excluding hydrogens is 312 g/mol. The number of nitrogens with zero attached hydrogens (tertiary/aromatic N) is 3. The number of rotatable bonds is 5. The molecule has 0 atom stereocenters. The van der Waals surface area contributed by atoms with Crippen molar-refractivity contribution in [3.8, 4) is 0 Å². The topological polar surface area (TPSA) is 117 Å². The first kappa shape index (κ1) is 15.5. The van der Waals surface area contributed by atoms with Gasteiger partial charge in [0.1, 0.15) is 11.5 Å². The predicted octanol–water partition coefficient (Wildman–Crippen LogP) is 1.44. The SMILES string of the molecule is O=C(O)C(=O)/C=C(\O)c1nc2c(n1Cc1ccccc1)NC=NC2. The summed E-state index contributed by atoms with van der Waals surface area (Å²) in [6, 6.07) is 9.49. The molecule has 8 heteroatoms. The summed E-state index contributed by atoms with van der Waals surface area (Å²) in [5, 5.41) is 21.8. The van der Waals surface area contributed by atoms with Gasteiger partial charge in [-0.3, -0.25) is 9.79 Å². The normalized spacial score (nSPS) is 13.2. The van der Waals surface area contributed by atoms with E-state index in [-0.39, 0.29) is 5.82 Å². The molecule has 3 rings (SSSR count). The number of benzene rings is 1. The molecule has 0 aliphatic carbocycles. The molecule has 0 radical (unpaired) electrons. The fourth-order valence-corrected chi connectivity index (χ4v) is 2.38. The Bertz CT molecular complexity index is 852. The maximum Gasteiger partial charge on any atom is 0.376 e. The summed E-state index contributed by atoms with van der Waals surface area (Å²) < 4.78 is 1.68. The van der Waals surface area contributed by atoms with Crippen molar-refractivity contribution in [2.75, 3.05) is 5.32 Å². The molecule has 0 spiro atoms. The number of carbonyl (C=O) groups is 2. The van der Waals surface area contributed by atoms with E-state index in [9.17, 15) is 14.7 Å². The summed E-state index contributed by atoms with van der Waals surface area (Å²) >= 11 is 0. The third-order valence-corrected chi connectivity index (χ3v) is 3.46. The van der Waals surface area contributed by atoms with Crippen molar-refractivity contribution in [2.45, 2.75) is 13.1 Å². The molecule has 0 amide bonds. The number of hydrogen-bond acceptors (Lipinski definition) is 6. The molecular formula is C16H14N4O4. The van der Waals surface area contributed by atoms with E-state index >= 15 is 0 Å². The molecule has 0 unspecified atom stereocenters. The Hall–Kier alpha value is -3.42. The van der Waals surface area contributed by atoms with E-state index in [2.05, 4.69) is 15.3 Å². The molecule has 122 valence electrons. The first-order valence-corrected chi connectivity index (χ1v) is 7.12. The van der Waals surface area contributed by atoms with E-state index in [1.807, 2.05) is 30.3 Å². The van der Waals surface area contributed by atoms with E-state index in [0.717, 1.165) is 5.56 Å². The van der Waals surface area contributed by atoms with Crippen LogP contribution in [0.5, 0.6) is 0 Å². The van der Waals surface area contributed by atoms with Crippen LogP contribution in [0, 0.1) is 0 Å². The minimum Gasteiger partial charge on any atom is -0.504 e. The lowest BCUT2D eigenvalue weighted by Crippen LogP contribution is -2.13. The van der Waals surface area contributed by atoms with Gasteiger partial charge in [-0.25, -0.2) is 9.78 Å². The fraction of sp³-hybridized carbons (Fsp3) is 0.125. The van der Waals surface area contributed by atoms with Crippen LogP contribution in [0.15, 0.2) is 41.4 Å². The quantitative estimate of drug-likeness (QED) is 0.435. The van der Waals surface area contributed by atoms with Gasteiger partial charge in [0.25, 0.3) is 5.78 Å². The highest BCUT2D eigenvalue weighted by Gasteiger charge is 2.22. The minimum absolute atomic E-state index is 0.108. The molecule has 3 N–H and O–H groups in total. The van der Waals surface area contributed by atoms with Crippen LogP contribution >= 0.6 is 0 Å². The van der Waals surface area contributed by atoms with E-state index in [1.54, 1.807) is 4.57 Å². The number of carboxylic acid groups (broad SMARTS) is 1. The van der Waals surface area contributed by atoms with Crippen LogP contribution in [0.1, 0.15) is 17.1 Å². The van der Waals surface area contributed by atoms with E-state index in [4.69, 9.17) is 5.11 Å². The number of aromatic nitrogens is 2. The van der Waals surface area contributed by atoms with Gasteiger partial charge in [0.15, 0.2) is 11.6 Å². The van der Waals surface area contributed by atoms with E-state index in [0.29, 0.717) is 30.7 Å². The molecule has 0 fully saturated rings. The number of aliphatic carboxylic acids is 1. The maximum absolute atomic E-state index is 11.3. The standard InChI is InChI=1S/C16H14N4O4/c21-12(6-13(22)16(23)24)15-19-11-7-17-9-18-14(11)20(15)8-10-4-2-1-3-5-10/h1-6,9,21H,7-8H2,(H,17,18)(H,23,24)/b12-6-. The molecule has 0 saturated heterocycles. The first-order valence-electron chi connectivity index (χ1n) is 7.12. The van der Waals surface area contributed by atoms with E-state index in [1.165, 1.54) is 6.34 Å². The zero-order valence-corrected chi connectivity index (χ0v) is 12.5. The third-order valence-electron chi connectivity index (χ3n) is 3.46. The number of carboxylic acids is 1. The monoisotopic (exact) mass is 326 g/mol. The van der Waals surface area contributed by atoms with Crippen LogP contribution in [0.25, 0.3) is 5.76 Å². The predicted molar refractivity (Wildman–Crippen MR) is 86.8 cm³/mol. The van der Waals surface area contributed by atoms with Gasteiger partial charge in [0.2, 0.25) is 0 Å².